The molecule has 2 atom stereocenters. The van der Waals surface area contributed by atoms with Gasteiger partial charge in [-0.1, -0.05) is 6.42 Å². The fourth-order valence-electron chi connectivity index (χ4n) is 4.25. The van der Waals surface area contributed by atoms with Crippen LogP contribution in [0.1, 0.15) is 19.3 Å². The number of morpholine rings is 1. The van der Waals surface area contributed by atoms with Gasteiger partial charge < -0.3 is 20.7 Å². The van der Waals surface area contributed by atoms with Gasteiger partial charge in [0.05, 0.1) is 18.9 Å². The highest BCUT2D eigenvalue weighted by Crippen LogP contribution is 2.35. The molecule has 1 aromatic carbocycles. The summed E-state index contributed by atoms with van der Waals surface area (Å²) in [5, 5.41) is 5.23. The topological polar surface area (TPSA) is 80.5 Å². The van der Waals surface area contributed by atoms with Crippen molar-refractivity contribution in [3.63, 3.8) is 0 Å². The van der Waals surface area contributed by atoms with Gasteiger partial charge in [0.25, 0.3) is 0 Å². The fourth-order valence-corrected chi connectivity index (χ4v) is 4.25. The van der Waals surface area contributed by atoms with Gasteiger partial charge in [-0.15, -0.1) is 24.8 Å². The van der Waals surface area contributed by atoms with E-state index in [0.717, 1.165) is 62.0 Å². The Hall–Kier alpha value is -1.60. The highest BCUT2D eigenvalue weighted by Gasteiger charge is 2.32. The molecule has 0 bridgehead atoms. The maximum absolute atomic E-state index is 12.8. The highest BCUT2D eigenvalue weighted by atomic mass is 35.5. The Bertz CT molecular complexity index is 799. The summed E-state index contributed by atoms with van der Waals surface area (Å²) in [5.41, 5.74) is 7.84. The van der Waals surface area contributed by atoms with Crippen LogP contribution >= 0.6 is 24.8 Å². The molecular weight excluding hydrogens is 399 g/mol. The normalized spacial score (nSPS) is 21.7. The predicted molar refractivity (Wildman–Crippen MR) is 118 cm³/mol. The molecule has 2 aliphatic rings. The molecule has 0 radical (unpaired) electrons. The van der Waals surface area contributed by atoms with Crippen molar-refractivity contribution >= 4 is 52.9 Å². The molecule has 154 valence electrons. The second kappa shape index (κ2) is 10.3. The van der Waals surface area contributed by atoms with Crippen LogP contribution in [0.4, 0.5) is 11.4 Å². The summed E-state index contributed by atoms with van der Waals surface area (Å²) in [6, 6.07) is 6.12. The average Bonchev–Trinajstić information content (AvgIpc) is 3.18. The molecular formula is C20H28Cl2N4O2. The number of amides is 1. The first-order valence-electron chi connectivity index (χ1n) is 9.48. The summed E-state index contributed by atoms with van der Waals surface area (Å²) >= 11 is 0. The summed E-state index contributed by atoms with van der Waals surface area (Å²) < 4.78 is 5.47. The van der Waals surface area contributed by atoms with Gasteiger partial charge in [-0.05, 0) is 43.5 Å². The molecule has 8 heteroatoms. The number of rotatable bonds is 4. The van der Waals surface area contributed by atoms with E-state index in [2.05, 4.69) is 21.3 Å². The molecule has 2 aromatic rings. The molecule has 6 nitrogen and oxygen atoms in total. The molecule has 4 rings (SSSR count). The lowest BCUT2D eigenvalue weighted by Gasteiger charge is -2.30. The van der Waals surface area contributed by atoms with Crippen molar-refractivity contribution < 1.29 is 9.53 Å². The molecule has 1 aliphatic heterocycles. The van der Waals surface area contributed by atoms with Crippen LogP contribution in [0, 0.1) is 11.8 Å². The molecule has 28 heavy (non-hydrogen) atoms. The van der Waals surface area contributed by atoms with Crippen molar-refractivity contribution in [2.75, 3.05) is 43.1 Å². The number of aromatic nitrogens is 1. The van der Waals surface area contributed by atoms with E-state index < -0.39 is 0 Å². The third-order valence-corrected chi connectivity index (χ3v) is 5.70. The Kier molecular flexibility index (Phi) is 8.31. The number of nitrogens with two attached hydrogens (primary N) is 1. The summed E-state index contributed by atoms with van der Waals surface area (Å²) in [6.07, 6.45) is 6.70. The number of anilines is 2. The Balaban J connectivity index is 0.00000140. The lowest BCUT2D eigenvalue weighted by molar-refractivity contribution is -0.120. The molecule has 1 saturated carbocycles. The zero-order chi connectivity index (χ0) is 17.9. The molecule has 0 spiro atoms. The van der Waals surface area contributed by atoms with Crippen LogP contribution < -0.4 is 16.0 Å². The van der Waals surface area contributed by atoms with E-state index in [-0.39, 0.29) is 36.6 Å². The van der Waals surface area contributed by atoms with Crippen LogP contribution in [0.15, 0.2) is 30.6 Å². The fraction of sp³-hybridized carbons (Fsp3) is 0.500. The van der Waals surface area contributed by atoms with E-state index in [0.29, 0.717) is 12.5 Å². The number of halogens is 2. The van der Waals surface area contributed by atoms with Crippen LogP contribution in [-0.4, -0.2) is 43.7 Å². The van der Waals surface area contributed by atoms with Gasteiger partial charge in [0.15, 0.2) is 0 Å². The van der Waals surface area contributed by atoms with Crippen LogP contribution in [0.2, 0.25) is 0 Å². The van der Waals surface area contributed by atoms with E-state index in [1.807, 2.05) is 18.3 Å². The van der Waals surface area contributed by atoms with Gasteiger partial charge in [0.2, 0.25) is 5.91 Å². The Morgan fingerprint density at radius 1 is 1.18 bits per heavy atom. The number of ether oxygens (including phenoxy) is 1. The van der Waals surface area contributed by atoms with E-state index in [9.17, 15) is 4.79 Å². The van der Waals surface area contributed by atoms with E-state index in [1.54, 1.807) is 6.20 Å². The van der Waals surface area contributed by atoms with Gasteiger partial charge in [0, 0.05) is 47.9 Å². The summed E-state index contributed by atoms with van der Waals surface area (Å²) in [7, 11) is 0. The second-order valence-corrected chi connectivity index (χ2v) is 7.18. The number of nitrogens with one attached hydrogen (secondary N) is 1. The molecule has 1 saturated heterocycles. The van der Waals surface area contributed by atoms with Gasteiger partial charge in [-0.25, -0.2) is 0 Å². The van der Waals surface area contributed by atoms with Crippen LogP contribution in [0.3, 0.4) is 0 Å². The van der Waals surface area contributed by atoms with E-state index >= 15 is 0 Å². The summed E-state index contributed by atoms with van der Waals surface area (Å²) in [4.78, 5) is 19.4. The number of nitrogens with zero attached hydrogens (tertiary/aromatic N) is 2. The van der Waals surface area contributed by atoms with Gasteiger partial charge in [0.1, 0.15) is 0 Å². The number of carbonyl (C=O) groups excluding carboxylic acids is 1. The predicted octanol–water partition coefficient (Wildman–Crippen LogP) is 3.23. The molecule has 1 amide bonds. The van der Waals surface area contributed by atoms with Crippen molar-refractivity contribution in [1.82, 2.24) is 4.98 Å². The van der Waals surface area contributed by atoms with Crippen LogP contribution in [0.25, 0.3) is 10.8 Å². The largest absolute Gasteiger partial charge is 0.378 e. The Morgan fingerprint density at radius 3 is 2.71 bits per heavy atom. The summed E-state index contributed by atoms with van der Waals surface area (Å²) in [6.45, 7) is 3.82. The number of pyridine rings is 1. The number of benzene rings is 1. The van der Waals surface area contributed by atoms with Crippen molar-refractivity contribution in [3.8, 4) is 0 Å². The third kappa shape index (κ3) is 4.51. The number of fused-ring (bicyclic) bond motifs is 1. The quantitative estimate of drug-likeness (QED) is 0.783. The standard InChI is InChI=1S/C20H26N4O2.2ClH/c21-12-14-2-1-3-15(14)20(25)23-18-4-5-19(24-8-10-26-11-9-24)16-6-7-22-13-17(16)18;;/h4-7,13-15H,1-3,8-12,21H2,(H,23,25);2*1H/t14-,15-;;/m1../s1. The number of hydrogen-bond acceptors (Lipinski definition) is 5. The second-order valence-electron chi connectivity index (χ2n) is 7.18. The zero-order valence-corrected chi connectivity index (χ0v) is 17.4. The monoisotopic (exact) mass is 426 g/mol. The van der Waals surface area contributed by atoms with Gasteiger partial charge >= 0.3 is 0 Å². The van der Waals surface area contributed by atoms with Crippen LogP contribution in [0.5, 0.6) is 0 Å². The lowest BCUT2D eigenvalue weighted by atomic mass is 9.95. The van der Waals surface area contributed by atoms with E-state index in [4.69, 9.17) is 10.5 Å². The van der Waals surface area contributed by atoms with Crippen molar-refractivity contribution in [1.29, 1.82) is 0 Å². The minimum atomic E-state index is 0. The minimum Gasteiger partial charge on any atom is -0.378 e. The average molecular weight is 427 g/mol. The molecule has 2 heterocycles. The Labute approximate surface area is 178 Å². The van der Waals surface area contributed by atoms with E-state index in [1.165, 1.54) is 5.69 Å². The van der Waals surface area contributed by atoms with Crippen molar-refractivity contribution in [2.45, 2.75) is 19.3 Å². The van der Waals surface area contributed by atoms with Gasteiger partial charge in [-0.3, -0.25) is 9.78 Å². The molecule has 1 aromatic heterocycles. The third-order valence-electron chi connectivity index (χ3n) is 5.70. The maximum Gasteiger partial charge on any atom is 0.227 e. The first-order chi connectivity index (χ1) is 12.8. The van der Waals surface area contributed by atoms with Gasteiger partial charge in [-0.2, -0.15) is 0 Å². The lowest BCUT2D eigenvalue weighted by Crippen LogP contribution is -2.36. The maximum atomic E-state index is 12.8. The van der Waals surface area contributed by atoms with Crippen molar-refractivity contribution in [3.05, 3.63) is 30.6 Å². The van der Waals surface area contributed by atoms with Crippen LogP contribution in [-0.2, 0) is 9.53 Å². The SMILES string of the molecule is Cl.Cl.NC[C@H]1CCC[C@H]1C(=O)Nc1ccc(N2CCOCC2)c2ccncc12. The number of hydrogen-bond donors (Lipinski definition) is 2. The molecule has 0 unspecified atom stereocenters. The Morgan fingerprint density at radius 2 is 1.96 bits per heavy atom. The number of carbonyl (C=O) groups is 1. The zero-order valence-electron chi connectivity index (χ0n) is 15.8. The first-order valence-corrected chi connectivity index (χ1v) is 9.48. The van der Waals surface area contributed by atoms with Crippen molar-refractivity contribution in [2.24, 2.45) is 17.6 Å². The molecule has 1 aliphatic carbocycles. The smallest absolute Gasteiger partial charge is 0.227 e. The summed E-state index contributed by atoms with van der Waals surface area (Å²) in [5.74, 6) is 0.403. The highest BCUT2D eigenvalue weighted by molar-refractivity contribution is 6.06. The molecule has 2 fully saturated rings. The first kappa shape index (κ1) is 22.7. The molecule has 3 N–H and O–H groups in total. The minimum absolute atomic E-state index is 0.